The molecule has 0 radical (unpaired) electrons. The first-order chi connectivity index (χ1) is 7.15. The van der Waals surface area contributed by atoms with Crippen LogP contribution in [0.2, 0.25) is 0 Å². The molecule has 0 aromatic carbocycles. The van der Waals surface area contributed by atoms with Gasteiger partial charge in [-0.05, 0) is 25.7 Å². The first kappa shape index (κ1) is 10.8. The molecule has 1 amide bonds. The summed E-state index contributed by atoms with van der Waals surface area (Å²) in [6, 6.07) is 0. The average Bonchev–Trinajstić information content (AvgIpc) is 2.87. The van der Waals surface area contributed by atoms with Crippen LogP contribution in [-0.4, -0.2) is 30.2 Å². The zero-order chi connectivity index (χ0) is 10.9. The van der Waals surface area contributed by atoms with Crippen LogP contribution in [0.25, 0.3) is 0 Å². The molecule has 1 aliphatic heterocycles. The normalized spacial score (nSPS) is 27.3. The van der Waals surface area contributed by atoms with E-state index in [4.69, 9.17) is 22.7 Å². The highest BCUT2D eigenvalue weighted by Gasteiger charge is 2.52. The molecular formula is C10H16N2O2S. The van der Waals surface area contributed by atoms with Crippen molar-refractivity contribution < 1.29 is 9.53 Å². The van der Waals surface area contributed by atoms with Crippen molar-refractivity contribution in [3.8, 4) is 0 Å². The number of thiocarbonyl (C=S) groups is 1. The van der Waals surface area contributed by atoms with E-state index in [1.54, 1.807) is 0 Å². The molecule has 0 aromatic heterocycles. The van der Waals surface area contributed by atoms with Crippen molar-refractivity contribution in [3.63, 3.8) is 0 Å². The lowest BCUT2D eigenvalue weighted by Crippen LogP contribution is -2.42. The van der Waals surface area contributed by atoms with Crippen molar-refractivity contribution in [1.82, 2.24) is 5.32 Å². The van der Waals surface area contributed by atoms with Gasteiger partial charge in [0, 0.05) is 13.2 Å². The van der Waals surface area contributed by atoms with E-state index in [-0.39, 0.29) is 12.0 Å². The Bertz CT molecular complexity index is 283. The van der Waals surface area contributed by atoms with Crippen LogP contribution in [0, 0.1) is 5.41 Å². The minimum absolute atomic E-state index is 0.0227. The number of nitrogens with two attached hydrogens (primary N) is 1. The molecule has 4 nitrogen and oxygen atoms in total. The molecule has 0 spiro atoms. The highest BCUT2D eigenvalue weighted by atomic mass is 32.1. The second kappa shape index (κ2) is 4.06. The quantitative estimate of drug-likeness (QED) is 0.681. The summed E-state index contributed by atoms with van der Waals surface area (Å²) in [6.07, 6.45) is 3.87. The van der Waals surface area contributed by atoms with Gasteiger partial charge in [-0.15, -0.1) is 0 Å². The van der Waals surface area contributed by atoms with Crippen molar-refractivity contribution in [2.24, 2.45) is 11.1 Å². The van der Waals surface area contributed by atoms with E-state index in [0.717, 1.165) is 32.3 Å². The fourth-order valence-electron chi connectivity index (χ4n) is 1.89. The summed E-state index contributed by atoms with van der Waals surface area (Å²) in [5, 5.41) is 2.88. The van der Waals surface area contributed by atoms with E-state index in [9.17, 15) is 4.79 Å². The Morgan fingerprint density at radius 1 is 1.60 bits per heavy atom. The monoisotopic (exact) mass is 228 g/mol. The second-order valence-corrected chi connectivity index (χ2v) is 4.73. The summed E-state index contributed by atoms with van der Waals surface area (Å²) >= 11 is 4.91. The standard InChI is InChI=1S/C10H16N2O2S/c11-8(15)10(3-4-10)9(13)12-6-7-2-1-5-14-7/h7H,1-6H2,(H2,11,15)(H,12,13). The third-order valence-electron chi connectivity index (χ3n) is 3.17. The van der Waals surface area contributed by atoms with Gasteiger partial charge in [-0.25, -0.2) is 0 Å². The van der Waals surface area contributed by atoms with E-state index in [0.29, 0.717) is 11.5 Å². The first-order valence-electron chi connectivity index (χ1n) is 5.35. The predicted octanol–water partition coefficient (Wildman–Crippen LogP) is 0.348. The number of hydrogen-bond donors (Lipinski definition) is 2. The van der Waals surface area contributed by atoms with E-state index < -0.39 is 5.41 Å². The zero-order valence-corrected chi connectivity index (χ0v) is 9.44. The molecule has 1 unspecified atom stereocenters. The van der Waals surface area contributed by atoms with Gasteiger partial charge in [-0.3, -0.25) is 4.79 Å². The van der Waals surface area contributed by atoms with Crippen LogP contribution in [0.1, 0.15) is 25.7 Å². The summed E-state index contributed by atoms with van der Waals surface area (Å²) in [5.41, 5.74) is 5.02. The fraction of sp³-hybridized carbons (Fsp3) is 0.800. The molecule has 0 bridgehead atoms. The maximum atomic E-state index is 11.8. The zero-order valence-electron chi connectivity index (χ0n) is 8.62. The molecule has 15 heavy (non-hydrogen) atoms. The summed E-state index contributed by atoms with van der Waals surface area (Å²) in [4.78, 5) is 12.1. The van der Waals surface area contributed by atoms with Crippen LogP contribution in [0.3, 0.4) is 0 Å². The van der Waals surface area contributed by atoms with Crippen molar-refractivity contribution in [1.29, 1.82) is 0 Å². The third kappa shape index (κ3) is 2.13. The van der Waals surface area contributed by atoms with Crippen LogP contribution in [-0.2, 0) is 9.53 Å². The minimum atomic E-state index is -0.534. The number of amides is 1. The van der Waals surface area contributed by atoms with Crippen molar-refractivity contribution >= 4 is 23.1 Å². The summed E-state index contributed by atoms with van der Waals surface area (Å²) in [7, 11) is 0. The Labute approximate surface area is 94.5 Å². The fourth-order valence-corrected chi connectivity index (χ4v) is 2.19. The second-order valence-electron chi connectivity index (χ2n) is 4.29. The molecule has 0 aromatic rings. The predicted molar refractivity (Wildman–Crippen MR) is 60.4 cm³/mol. The molecule has 1 saturated heterocycles. The van der Waals surface area contributed by atoms with E-state index in [2.05, 4.69) is 5.32 Å². The van der Waals surface area contributed by atoms with Gasteiger partial charge in [-0.2, -0.15) is 0 Å². The molecule has 1 heterocycles. The van der Waals surface area contributed by atoms with Crippen LogP contribution in [0.4, 0.5) is 0 Å². The highest BCUT2D eigenvalue weighted by Crippen LogP contribution is 2.46. The number of ether oxygens (including phenoxy) is 1. The molecule has 1 saturated carbocycles. The summed E-state index contributed by atoms with van der Waals surface area (Å²) in [5.74, 6) is -0.0227. The molecule has 5 heteroatoms. The Balaban J connectivity index is 1.79. The lowest BCUT2D eigenvalue weighted by Gasteiger charge is -2.15. The molecule has 2 aliphatic rings. The Morgan fingerprint density at radius 2 is 2.33 bits per heavy atom. The number of rotatable bonds is 4. The molecular weight excluding hydrogens is 212 g/mol. The van der Waals surface area contributed by atoms with Gasteiger partial charge in [0.1, 0.15) is 0 Å². The van der Waals surface area contributed by atoms with Crippen LogP contribution in [0.5, 0.6) is 0 Å². The minimum Gasteiger partial charge on any atom is -0.392 e. The molecule has 1 aliphatic carbocycles. The molecule has 2 fully saturated rings. The molecule has 3 N–H and O–H groups in total. The summed E-state index contributed by atoms with van der Waals surface area (Å²) < 4.78 is 5.42. The van der Waals surface area contributed by atoms with Gasteiger partial charge in [0.2, 0.25) is 5.91 Å². The van der Waals surface area contributed by atoms with Gasteiger partial charge in [-0.1, -0.05) is 12.2 Å². The SMILES string of the molecule is NC(=S)C1(C(=O)NCC2CCCO2)CC1. The van der Waals surface area contributed by atoms with E-state index in [1.165, 1.54) is 0 Å². The first-order valence-corrected chi connectivity index (χ1v) is 5.76. The topological polar surface area (TPSA) is 64.4 Å². The molecule has 1 atom stereocenters. The van der Waals surface area contributed by atoms with E-state index in [1.807, 2.05) is 0 Å². The maximum absolute atomic E-state index is 11.8. The van der Waals surface area contributed by atoms with E-state index >= 15 is 0 Å². The van der Waals surface area contributed by atoms with Gasteiger partial charge < -0.3 is 15.8 Å². The molecule has 84 valence electrons. The third-order valence-corrected chi connectivity index (χ3v) is 3.56. The van der Waals surface area contributed by atoms with Crippen LogP contribution < -0.4 is 11.1 Å². The van der Waals surface area contributed by atoms with Gasteiger partial charge >= 0.3 is 0 Å². The van der Waals surface area contributed by atoms with Crippen molar-refractivity contribution in [2.75, 3.05) is 13.2 Å². The lowest BCUT2D eigenvalue weighted by atomic mass is 10.1. The average molecular weight is 228 g/mol. The van der Waals surface area contributed by atoms with Crippen molar-refractivity contribution in [3.05, 3.63) is 0 Å². The number of carbonyl (C=O) groups excluding carboxylic acids is 1. The van der Waals surface area contributed by atoms with Gasteiger partial charge in [0.05, 0.1) is 16.5 Å². The molecule has 2 rings (SSSR count). The van der Waals surface area contributed by atoms with Crippen molar-refractivity contribution in [2.45, 2.75) is 31.8 Å². The smallest absolute Gasteiger partial charge is 0.233 e. The number of hydrogen-bond acceptors (Lipinski definition) is 3. The summed E-state index contributed by atoms with van der Waals surface area (Å²) in [6.45, 7) is 1.39. The Morgan fingerprint density at radius 3 is 2.80 bits per heavy atom. The maximum Gasteiger partial charge on any atom is 0.233 e. The van der Waals surface area contributed by atoms with Gasteiger partial charge in [0.15, 0.2) is 0 Å². The lowest BCUT2D eigenvalue weighted by molar-refractivity contribution is -0.124. The number of nitrogens with one attached hydrogen (secondary N) is 1. The highest BCUT2D eigenvalue weighted by molar-refractivity contribution is 7.80. The van der Waals surface area contributed by atoms with Crippen LogP contribution >= 0.6 is 12.2 Å². The number of carbonyl (C=O) groups is 1. The Kier molecular flexibility index (Phi) is 2.93. The Hall–Kier alpha value is -0.680. The van der Waals surface area contributed by atoms with Gasteiger partial charge in [0.25, 0.3) is 0 Å². The van der Waals surface area contributed by atoms with Crippen LogP contribution in [0.15, 0.2) is 0 Å². The largest absolute Gasteiger partial charge is 0.392 e.